The Labute approximate surface area is 156 Å². The van der Waals surface area contributed by atoms with Crippen LogP contribution in [0.2, 0.25) is 0 Å². The third kappa shape index (κ3) is 3.75. The molecule has 0 aliphatic carbocycles. The van der Waals surface area contributed by atoms with Crippen molar-refractivity contribution in [1.82, 2.24) is 19.1 Å². The molecule has 0 spiro atoms. The van der Waals surface area contributed by atoms with E-state index in [0.717, 1.165) is 22.8 Å². The number of anilines is 1. The molecule has 1 aromatic carbocycles. The predicted octanol–water partition coefficient (Wildman–Crippen LogP) is 3.73. The number of aromatic nitrogens is 4. The van der Waals surface area contributed by atoms with Crippen LogP contribution in [0.4, 0.5) is 5.13 Å². The third-order valence-corrected chi connectivity index (χ3v) is 4.46. The summed E-state index contributed by atoms with van der Waals surface area (Å²) >= 11 is 1.14. The van der Waals surface area contributed by atoms with E-state index >= 15 is 0 Å². The molecule has 136 valence electrons. The molecule has 0 aliphatic rings. The zero-order valence-electron chi connectivity index (χ0n) is 15.4. The first kappa shape index (κ1) is 18.1. The molecule has 2 heterocycles. The second-order valence-corrected chi connectivity index (χ2v) is 7.60. The first-order valence-electron chi connectivity index (χ1n) is 8.14. The van der Waals surface area contributed by atoms with Crippen LogP contribution >= 0.6 is 11.5 Å². The Morgan fingerprint density at radius 1 is 1.23 bits per heavy atom. The van der Waals surface area contributed by atoms with Gasteiger partial charge in [-0.15, -0.1) is 0 Å². The van der Waals surface area contributed by atoms with Crippen molar-refractivity contribution < 1.29 is 9.53 Å². The van der Waals surface area contributed by atoms with Crippen molar-refractivity contribution in [2.45, 2.75) is 33.2 Å². The monoisotopic (exact) mass is 371 g/mol. The summed E-state index contributed by atoms with van der Waals surface area (Å²) in [5, 5.41) is 7.68. The number of nitrogens with zero attached hydrogens (tertiary/aromatic N) is 4. The largest absolute Gasteiger partial charge is 0.497 e. The lowest BCUT2D eigenvalue weighted by Crippen LogP contribution is -2.22. The van der Waals surface area contributed by atoms with E-state index in [1.54, 1.807) is 18.0 Å². The first-order valence-corrected chi connectivity index (χ1v) is 8.91. The lowest BCUT2D eigenvalue weighted by atomic mass is 10.1. The molecule has 0 fully saturated rings. The number of rotatable bonds is 4. The van der Waals surface area contributed by atoms with E-state index in [9.17, 15) is 4.79 Å². The average molecular weight is 371 g/mol. The number of hydrogen-bond donors (Lipinski definition) is 1. The van der Waals surface area contributed by atoms with Crippen LogP contribution in [0.1, 0.15) is 36.8 Å². The molecule has 3 rings (SSSR count). The molecule has 0 bridgehead atoms. The zero-order chi connectivity index (χ0) is 18.9. The molecule has 26 heavy (non-hydrogen) atoms. The van der Waals surface area contributed by atoms with Gasteiger partial charge in [-0.3, -0.25) is 14.8 Å². The Hall–Kier alpha value is -2.74. The van der Waals surface area contributed by atoms with Crippen LogP contribution in [-0.4, -0.2) is 32.2 Å². The minimum atomic E-state index is -0.240. The van der Waals surface area contributed by atoms with Gasteiger partial charge in [0, 0.05) is 23.3 Å². The highest BCUT2D eigenvalue weighted by molar-refractivity contribution is 7.10. The third-order valence-electron chi connectivity index (χ3n) is 3.83. The van der Waals surface area contributed by atoms with Gasteiger partial charge in [0.1, 0.15) is 5.75 Å². The van der Waals surface area contributed by atoms with Gasteiger partial charge in [-0.05, 0) is 52.0 Å². The van der Waals surface area contributed by atoms with E-state index in [-0.39, 0.29) is 11.4 Å². The summed E-state index contributed by atoms with van der Waals surface area (Å²) in [7, 11) is 1.62. The van der Waals surface area contributed by atoms with Crippen LogP contribution in [-0.2, 0) is 5.54 Å². The van der Waals surface area contributed by atoms with Crippen LogP contribution in [0, 0.1) is 6.92 Å². The maximum atomic E-state index is 12.6. The van der Waals surface area contributed by atoms with Gasteiger partial charge in [0.15, 0.2) is 5.82 Å². The summed E-state index contributed by atoms with van der Waals surface area (Å²) in [6, 6.07) is 7.45. The van der Waals surface area contributed by atoms with E-state index in [1.165, 1.54) is 0 Å². The summed E-state index contributed by atoms with van der Waals surface area (Å²) in [6.07, 6.45) is 1.76. The molecule has 1 amide bonds. The molecule has 0 saturated heterocycles. The second kappa shape index (κ2) is 6.87. The maximum Gasteiger partial charge on any atom is 0.260 e. The number of hydrogen-bond acceptors (Lipinski definition) is 6. The molecule has 0 saturated carbocycles. The van der Waals surface area contributed by atoms with Crippen LogP contribution in [0.5, 0.6) is 5.75 Å². The second-order valence-electron chi connectivity index (χ2n) is 6.85. The van der Waals surface area contributed by atoms with Gasteiger partial charge >= 0.3 is 0 Å². The molecule has 0 aliphatic heterocycles. The number of aryl methyl sites for hydroxylation is 1. The van der Waals surface area contributed by atoms with Crippen LogP contribution < -0.4 is 10.1 Å². The molecule has 0 unspecified atom stereocenters. The Morgan fingerprint density at radius 2 is 1.92 bits per heavy atom. The van der Waals surface area contributed by atoms with E-state index in [0.29, 0.717) is 22.2 Å². The average Bonchev–Trinajstić information content (AvgIpc) is 3.21. The quantitative estimate of drug-likeness (QED) is 0.756. The first-order chi connectivity index (χ1) is 12.3. The Balaban J connectivity index is 1.76. The molecule has 7 nitrogen and oxygen atoms in total. The Bertz CT molecular complexity index is 922. The van der Waals surface area contributed by atoms with Gasteiger partial charge in [-0.25, -0.2) is 0 Å². The fourth-order valence-corrected chi connectivity index (χ4v) is 2.91. The summed E-state index contributed by atoms with van der Waals surface area (Å²) in [5.74, 6) is 1.09. The van der Waals surface area contributed by atoms with Crippen molar-refractivity contribution in [2.24, 2.45) is 0 Å². The van der Waals surface area contributed by atoms with E-state index in [1.807, 2.05) is 52.0 Å². The molecule has 0 radical (unpaired) electrons. The van der Waals surface area contributed by atoms with Crippen molar-refractivity contribution in [2.75, 3.05) is 12.4 Å². The lowest BCUT2D eigenvalue weighted by Gasteiger charge is -2.18. The molecule has 0 atom stereocenters. The smallest absolute Gasteiger partial charge is 0.260 e. The Morgan fingerprint density at radius 3 is 2.50 bits per heavy atom. The van der Waals surface area contributed by atoms with Crippen molar-refractivity contribution in [1.29, 1.82) is 0 Å². The van der Waals surface area contributed by atoms with Gasteiger partial charge in [-0.1, -0.05) is 0 Å². The van der Waals surface area contributed by atoms with Crippen molar-refractivity contribution in [3.05, 3.63) is 41.7 Å². The van der Waals surface area contributed by atoms with Crippen LogP contribution in [0.15, 0.2) is 30.5 Å². The van der Waals surface area contributed by atoms with Gasteiger partial charge in [0.25, 0.3) is 5.91 Å². The zero-order valence-corrected chi connectivity index (χ0v) is 16.2. The van der Waals surface area contributed by atoms with Gasteiger partial charge in [0.2, 0.25) is 5.13 Å². The summed E-state index contributed by atoms with van der Waals surface area (Å²) in [4.78, 5) is 17.0. The summed E-state index contributed by atoms with van der Waals surface area (Å²) in [6.45, 7) is 7.92. The number of nitrogens with one attached hydrogen (secondary N) is 1. The summed E-state index contributed by atoms with van der Waals surface area (Å²) in [5.41, 5.74) is 1.88. The highest BCUT2D eigenvalue weighted by atomic mass is 32.1. The maximum absolute atomic E-state index is 12.6. The predicted molar refractivity (Wildman–Crippen MR) is 102 cm³/mol. The number of carbonyl (C=O) groups is 1. The number of ether oxygens (including phenoxy) is 1. The molecule has 8 heteroatoms. The molecule has 2 aromatic heterocycles. The van der Waals surface area contributed by atoms with E-state index < -0.39 is 0 Å². The van der Waals surface area contributed by atoms with Crippen LogP contribution in [0.25, 0.3) is 11.4 Å². The van der Waals surface area contributed by atoms with Crippen LogP contribution in [0.3, 0.4) is 0 Å². The highest BCUT2D eigenvalue weighted by Crippen LogP contribution is 2.24. The number of methoxy groups -OCH3 is 1. The van der Waals surface area contributed by atoms with E-state index in [2.05, 4.69) is 19.8 Å². The van der Waals surface area contributed by atoms with E-state index in [4.69, 9.17) is 4.74 Å². The number of carbonyl (C=O) groups excluding carboxylic acids is 1. The van der Waals surface area contributed by atoms with Gasteiger partial charge < -0.3 is 4.74 Å². The van der Waals surface area contributed by atoms with Gasteiger partial charge in [-0.2, -0.15) is 14.5 Å². The summed E-state index contributed by atoms with van der Waals surface area (Å²) < 4.78 is 11.2. The molecular weight excluding hydrogens is 350 g/mol. The minimum Gasteiger partial charge on any atom is -0.497 e. The fraction of sp³-hybridized carbons (Fsp3) is 0.333. The van der Waals surface area contributed by atoms with Crippen molar-refractivity contribution in [3.63, 3.8) is 0 Å². The number of benzene rings is 1. The topological polar surface area (TPSA) is 81.9 Å². The normalized spacial score (nSPS) is 11.4. The molecule has 1 N–H and O–H groups in total. The lowest BCUT2D eigenvalue weighted by molar-refractivity contribution is 0.102. The minimum absolute atomic E-state index is 0.187. The highest BCUT2D eigenvalue weighted by Gasteiger charge is 2.20. The standard InChI is InChI=1S/C18H21N5O2S/c1-11-14(10-23(21-11)18(2,3)4)16(24)20-17-19-15(22-26-17)12-6-8-13(25-5)9-7-12/h6-10H,1-5H3,(H,19,20,22,24). The molecular formula is C18H21N5O2S. The van der Waals surface area contributed by atoms with Crippen molar-refractivity contribution in [3.8, 4) is 17.1 Å². The molecule has 3 aromatic rings. The fourth-order valence-electron chi connectivity index (χ4n) is 2.32. The SMILES string of the molecule is COc1ccc(-c2nsc(NC(=O)c3cn(C(C)(C)C)nc3C)n2)cc1. The Kier molecular flexibility index (Phi) is 4.78. The van der Waals surface area contributed by atoms with Gasteiger partial charge in [0.05, 0.1) is 23.9 Å². The number of amides is 1. The van der Waals surface area contributed by atoms with Crippen molar-refractivity contribution >= 4 is 22.6 Å².